The Bertz CT molecular complexity index is 457. The molecule has 0 fully saturated rings. The van der Waals surface area contributed by atoms with Crippen molar-refractivity contribution in [2.24, 2.45) is 5.73 Å². The standard InChI is InChI=1S/C12H22N6O2/c1-4-17(8-11(19)14-9(2)3)12(20)10-7-18(6-5-13)16-15-10/h7,9H,4-6,8,13H2,1-3H3,(H,14,19). The van der Waals surface area contributed by atoms with Crippen LogP contribution < -0.4 is 11.1 Å². The summed E-state index contributed by atoms with van der Waals surface area (Å²) in [6, 6.07) is 0.0433. The molecule has 0 aliphatic heterocycles. The first-order chi connectivity index (χ1) is 9.47. The number of nitrogens with zero attached hydrogens (tertiary/aromatic N) is 4. The lowest BCUT2D eigenvalue weighted by Gasteiger charge is -2.19. The van der Waals surface area contributed by atoms with E-state index < -0.39 is 0 Å². The highest BCUT2D eigenvalue weighted by atomic mass is 16.2. The van der Waals surface area contributed by atoms with E-state index in [2.05, 4.69) is 15.6 Å². The second-order valence-electron chi connectivity index (χ2n) is 4.70. The van der Waals surface area contributed by atoms with E-state index in [9.17, 15) is 9.59 Å². The van der Waals surface area contributed by atoms with E-state index in [-0.39, 0.29) is 30.1 Å². The molecule has 112 valence electrons. The molecular formula is C12H22N6O2. The maximum atomic E-state index is 12.2. The van der Waals surface area contributed by atoms with Crippen molar-refractivity contribution in [3.05, 3.63) is 11.9 Å². The van der Waals surface area contributed by atoms with E-state index in [0.717, 1.165) is 0 Å². The van der Waals surface area contributed by atoms with Crippen LogP contribution >= 0.6 is 0 Å². The molecule has 1 heterocycles. The average Bonchev–Trinajstić information content (AvgIpc) is 2.83. The number of hydrogen-bond donors (Lipinski definition) is 2. The number of rotatable bonds is 7. The van der Waals surface area contributed by atoms with Gasteiger partial charge in [-0.1, -0.05) is 5.21 Å². The van der Waals surface area contributed by atoms with Gasteiger partial charge in [0.15, 0.2) is 5.69 Å². The summed E-state index contributed by atoms with van der Waals surface area (Å²) in [4.78, 5) is 25.3. The van der Waals surface area contributed by atoms with E-state index >= 15 is 0 Å². The van der Waals surface area contributed by atoms with Crippen molar-refractivity contribution in [2.45, 2.75) is 33.4 Å². The van der Waals surface area contributed by atoms with Crippen LogP contribution in [0.25, 0.3) is 0 Å². The number of aromatic nitrogens is 3. The minimum absolute atomic E-state index is 0.0112. The Labute approximate surface area is 118 Å². The number of nitrogens with one attached hydrogen (secondary N) is 1. The highest BCUT2D eigenvalue weighted by Gasteiger charge is 2.20. The van der Waals surface area contributed by atoms with Crippen molar-refractivity contribution in [2.75, 3.05) is 19.6 Å². The number of carbonyl (C=O) groups excluding carboxylic acids is 2. The van der Waals surface area contributed by atoms with Gasteiger partial charge in [-0.2, -0.15) is 0 Å². The molecular weight excluding hydrogens is 260 g/mol. The maximum Gasteiger partial charge on any atom is 0.276 e. The van der Waals surface area contributed by atoms with Gasteiger partial charge in [-0.3, -0.25) is 14.3 Å². The molecule has 0 atom stereocenters. The minimum Gasteiger partial charge on any atom is -0.352 e. The van der Waals surface area contributed by atoms with Crippen molar-refractivity contribution < 1.29 is 9.59 Å². The fourth-order valence-corrected chi connectivity index (χ4v) is 1.67. The van der Waals surface area contributed by atoms with Crippen molar-refractivity contribution in [1.82, 2.24) is 25.2 Å². The lowest BCUT2D eigenvalue weighted by Crippen LogP contribution is -2.42. The summed E-state index contributed by atoms with van der Waals surface area (Å²) < 4.78 is 1.51. The Morgan fingerprint density at radius 2 is 2.20 bits per heavy atom. The Morgan fingerprint density at radius 1 is 1.50 bits per heavy atom. The van der Waals surface area contributed by atoms with Gasteiger partial charge in [0.05, 0.1) is 19.3 Å². The lowest BCUT2D eigenvalue weighted by molar-refractivity contribution is -0.122. The van der Waals surface area contributed by atoms with Gasteiger partial charge in [-0.25, -0.2) is 0 Å². The molecule has 0 radical (unpaired) electrons. The molecule has 0 saturated carbocycles. The summed E-state index contributed by atoms with van der Waals surface area (Å²) in [6.07, 6.45) is 1.54. The van der Waals surface area contributed by atoms with Crippen LogP contribution in [0.4, 0.5) is 0 Å². The Morgan fingerprint density at radius 3 is 2.75 bits per heavy atom. The number of likely N-dealkylation sites (N-methyl/N-ethyl adjacent to an activating group) is 1. The van der Waals surface area contributed by atoms with Gasteiger partial charge in [0.2, 0.25) is 5.91 Å². The first-order valence-electron chi connectivity index (χ1n) is 6.66. The molecule has 0 aromatic carbocycles. The van der Waals surface area contributed by atoms with Crippen molar-refractivity contribution in [3.63, 3.8) is 0 Å². The van der Waals surface area contributed by atoms with Crippen LogP contribution in [0.3, 0.4) is 0 Å². The summed E-state index contributed by atoms with van der Waals surface area (Å²) >= 11 is 0. The highest BCUT2D eigenvalue weighted by molar-refractivity contribution is 5.94. The number of amides is 2. The summed E-state index contributed by atoms with van der Waals surface area (Å²) in [6.45, 7) is 6.91. The van der Waals surface area contributed by atoms with Gasteiger partial charge < -0.3 is 16.0 Å². The normalized spacial score (nSPS) is 10.7. The van der Waals surface area contributed by atoms with Crippen LogP contribution in [-0.4, -0.2) is 57.4 Å². The molecule has 1 aromatic heterocycles. The monoisotopic (exact) mass is 282 g/mol. The number of hydrogen-bond acceptors (Lipinski definition) is 5. The number of nitrogens with two attached hydrogens (primary N) is 1. The van der Waals surface area contributed by atoms with Crippen molar-refractivity contribution >= 4 is 11.8 Å². The molecule has 0 aliphatic rings. The number of carbonyl (C=O) groups is 2. The fraction of sp³-hybridized carbons (Fsp3) is 0.667. The van der Waals surface area contributed by atoms with Crippen LogP contribution in [0.2, 0.25) is 0 Å². The first-order valence-corrected chi connectivity index (χ1v) is 6.66. The molecule has 0 unspecified atom stereocenters. The van der Waals surface area contributed by atoms with E-state index in [0.29, 0.717) is 19.6 Å². The molecule has 8 nitrogen and oxygen atoms in total. The van der Waals surface area contributed by atoms with Gasteiger partial charge in [0.1, 0.15) is 0 Å². The largest absolute Gasteiger partial charge is 0.352 e. The predicted octanol–water partition coefficient (Wildman–Crippen LogP) is -0.776. The minimum atomic E-state index is -0.310. The highest BCUT2D eigenvalue weighted by Crippen LogP contribution is 2.01. The lowest BCUT2D eigenvalue weighted by atomic mass is 10.3. The van der Waals surface area contributed by atoms with Crippen LogP contribution in [0.15, 0.2) is 6.20 Å². The van der Waals surface area contributed by atoms with Gasteiger partial charge in [-0.15, -0.1) is 5.10 Å². The SMILES string of the molecule is CCN(CC(=O)NC(C)C)C(=O)c1cn(CCN)nn1. The zero-order chi connectivity index (χ0) is 15.1. The summed E-state index contributed by atoms with van der Waals surface area (Å²) in [5.41, 5.74) is 5.63. The van der Waals surface area contributed by atoms with Gasteiger partial charge in [0.25, 0.3) is 5.91 Å². The Balaban J connectivity index is 2.68. The van der Waals surface area contributed by atoms with Gasteiger partial charge in [-0.05, 0) is 20.8 Å². The van der Waals surface area contributed by atoms with E-state index in [1.165, 1.54) is 15.8 Å². The van der Waals surface area contributed by atoms with E-state index in [4.69, 9.17) is 5.73 Å². The molecule has 0 spiro atoms. The summed E-state index contributed by atoms with van der Waals surface area (Å²) in [5.74, 6) is -0.501. The van der Waals surface area contributed by atoms with Gasteiger partial charge >= 0.3 is 0 Å². The molecule has 0 bridgehead atoms. The second kappa shape index (κ2) is 7.59. The molecule has 3 N–H and O–H groups in total. The van der Waals surface area contributed by atoms with Crippen LogP contribution in [0.5, 0.6) is 0 Å². The molecule has 0 aliphatic carbocycles. The quantitative estimate of drug-likeness (QED) is 0.682. The average molecular weight is 282 g/mol. The summed E-state index contributed by atoms with van der Waals surface area (Å²) in [7, 11) is 0. The van der Waals surface area contributed by atoms with Crippen LogP contribution in [-0.2, 0) is 11.3 Å². The van der Waals surface area contributed by atoms with Crippen LogP contribution in [0.1, 0.15) is 31.3 Å². The van der Waals surface area contributed by atoms with Gasteiger partial charge in [0, 0.05) is 19.1 Å². The third-order valence-corrected chi connectivity index (χ3v) is 2.57. The smallest absolute Gasteiger partial charge is 0.276 e. The molecule has 1 rings (SSSR count). The van der Waals surface area contributed by atoms with Crippen molar-refractivity contribution in [3.8, 4) is 0 Å². The maximum absolute atomic E-state index is 12.2. The molecule has 1 aromatic rings. The first kappa shape index (κ1) is 16.1. The Kier molecular flexibility index (Phi) is 6.10. The molecule has 2 amide bonds. The zero-order valence-corrected chi connectivity index (χ0v) is 12.2. The molecule has 20 heavy (non-hydrogen) atoms. The molecule has 0 saturated heterocycles. The second-order valence-corrected chi connectivity index (χ2v) is 4.70. The Hall–Kier alpha value is -1.96. The summed E-state index contributed by atoms with van der Waals surface area (Å²) in [5, 5.41) is 10.4. The topological polar surface area (TPSA) is 106 Å². The molecule has 8 heteroatoms. The van der Waals surface area contributed by atoms with Crippen LogP contribution in [0, 0.1) is 0 Å². The predicted molar refractivity (Wildman–Crippen MR) is 73.9 cm³/mol. The van der Waals surface area contributed by atoms with E-state index in [1.807, 2.05) is 20.8 Å². The van der Waals surface area contributed by atoms with E-state index in [1.54, 1.807) is 0 Å². The third-order valence-electron chi connectivity index (χ3n) is 2.57. The van der Waals surface area contributed by atoms with Crippen molar-refractivity contribution in [1.29, 1.82) is 0 Å². The third kappa shape index (κ3) is 4.61. The fourth-order valence-electron chi connectivity index (χ4n) is 1.67. The zero-order valence-electron chi connectivity index (χ0n) is 12.2.